The van der Waals surface area contributed by atoms with Crippen LogP contribution in [0.15, 0.2) is 60.7 Å². The van der Waals surface area contributed by atoms with Gasteiger partial charge in [0.1, 0.15) is 23.5 Å². The predicted molar refractivity (Wildman–Crippen MR) is 164 cm³/mol. The van der Waals surface area contributed by atoms with Gasteiger partial charge in [-0.25, -0.2) is 13.2 Å². The number of methoxy groups -OCH3 is 1. The van der Waals surface area contributed by atoms with Crippen LogP contribution in [-0.4, -0.2) is 85.3 Å². The summed E-state index contributed by atoms with van der Waals surface area (Å²) in [4.78, 5) is 32.4. The summed E-state index contributed by atoms with van der Waals surface area (Å²) in [5.74, 6) is -4.14. The largest absolute Gasteiger partial charge is 0.480 e. The molecule has 0 unspecified atom stereocenters. The Morgan fingerprint density at radius 1 is 0.911 bits per heavy atom. The van der Waals surface area contributed by atoms with E-state index in [-0.39, 0.29) is 37.0 Å². The van der Waals surface area contributed by atoms with Crippen LogP contribution in [0.2, 0.25) is 0 Å². The third-order valence-electron chi connectivity index (χ3n) is 9.66. The minimum absolute atomic E-state index is 0.194. The van der Waals surface area contributed by atoms with Crippen molar-refractivity contribution in [3.05, 3.63) is 100 Å². The molecule has 0 aromatic heterocycles. The van der Waals surface area contributed by atoms with E-state index in [0.717, 1.165) is 30.9 Å². The second kappa shape index (κ2) is 13.2. The third kappa shape index (κ3) is 6.58. The molecule has 3 aromatic carbocycles. The quantitative estimate of drug-likeness (QED) is 0.375. The predicted octanol–water partition coefficient (Wildman–Crippen LogP) is 4.67. The number of anilines is 1. The highest BCUT2D eigenvalue weighted by molar-refractivity contribution is 5.82. The maximum Gasteiger partial charge on any atom is 0.321 e. The Balaban J connectivity index is 1.23. The third-order valence-corrected chi connectivity index (χ3v) is 9.66. The summed E-state index contributed by atoms with van der Waals surface area (Å²) in [7, 11) is 1.54. The molecule has 0 radical (unpaired) electrons. The summed E-state index contributed by atoms with van der Waals surface area (Å²) in [5.41, 5.74) is 4.57. The van der Waals surface area contributed by atoms with Crippen molar-refractivity contribution in [3.8, 4) is 0 Å². The van der Waals surface area contributed by atoms with Crippen LogP contribution in [0.5, 0.6) is 0 Å². The van der Waals surface area contributed by atoms with E-state index in [1.807, 2.05) is 15.9 Å². The highest BCUT2D eigenvalue weighted by Gasteiger charge is 2.45. The van der Waals surface area contributed by atoms with Crippen molar-refractivity contribution in [3.63, 3.8) is 0 Å². The molecule has 2 aliphatic heterocycles. The molecule has 6 rings (SSSR count). The SMILES string of the molecule is COC[C@H]1CN([C@@H](Cc2ccc3c(c2)CCC3)C(=O)O)CCN1C(=O)[C@@H]1CN(c2ccc(F)cc2)C[C@H]1c1ccc(F)cc1F. The molecule has 3 aliphatic rings. The lowest BCUT2D eigenvalue weighted by molar-refractivity contribution is -0.148. The standard InChI is InChI=1S/C35H38F3N3O4/c1-45-21-28-18-39(33(35(43)44)16-22-5-6-23-3-2-4-24(23)15-22)13-14-41(28)34(42)31-20-40(27-10-7-25(36)8-11-27)19-30(31)29-12-9-26(37)17-32(29)38/h5-12,15,17,28,30-31,33H,2-4,13-14,16,18-21H2,1H3,(H,43,44)/t28-,30+,31-,33+/m1/s1. The number of piperazine rings is 1. The van der Waals surface area contributed by atoms with Crippen LogP contribution in [0.25, 0.3) is 0 Å². The first-order chi connectivity index (χ1) is 21.7. The molecule has 45 heavy (non-hydrogen) atoms. The molecule has 10 heteroatoms. The summed E-state index contributed by atoms with van der Waals surface area (Å²) >= 11 is 0. The molecule has 4 atom stereocenters. The first-order valence-electron chi connectivity index (χ1n) is 15.5. The zero-order chi connectivity index (χ0) is 31.7. The molecule has 0 spiro atoms. The van der Waals surface area contributed by atoms with E-state index in [2.05, 4.69) is 12.1 Å². The number of fused-ring (bicyclic) bond motifs is 1. The summed E-state index contributed by atoms with van der Waals surface area (Å²) in [5, 5.41) is 10.3. The minimum Gasteiger partial charge on any atom is -0.480 e. The van der Waals surface area contributed by atoms with Gasteiger partial charge in [0.2, 0.25) is 5.91 Å². The van der Waals surface area contributed by atoms with E-state index >= 15 is 4.39 Å². The highest BCUT2D eigenvalue weighted by Crippen LogP contribution is 2.38. The van der Waals surface area contributed by atoms with Crippen molar-refractivity contribution < 1.29 is 32.6 Å². The number of carboxylic acids is 1. The van der Waals surface area contributed by atoms with E-state index in [1.54, 1.807) is 24.1 Å². The smallest absolute Gasteiger partial charge is 0.321 e. The van der Waals surface area contributed by atoms with Crippen molar-refractivity contribution in [2.24, 2.45) is 5.92 Å². The van der Waals surface area contributed by atoms with Gasteiger partial charge in [-0.1, -0.05) is 24.3 Å². The molecule has 0 saturated carbocycles. The molecular formula is C35H38F3N3O4. The first kappa shape index (κ1) is 31.1. The monoisotopic (exact) mass is 621 g/mol. The van der Waals surface area contributed by atoms with Gasteiger partial charge in [0.25, 0.3) is 0 Å². The molecule has 1 amide bonds. The Morgan fingerprint density at radius 3 is 2.40 bits per heavy atom. The van der Waals surface area contributed by atoms with Crippen molar-refractivity contribution in [1.82, 2.24) is 9.80 Å². The highest BCUT2D eigenvalue weighted by atomic mass is 19.1. The zero-order valence-electron chi connectivity index (χ0n) is 25.3. The number of carboxylic acid groups (broad SMARTS) is 1. The fourth-order valence-corrected chi connectivity index (χ4v) is 7.38. The second-order valence-electron chi connectivity index (χ2n) is 12.4. The maximum absolute atomic E-state index is 15.1. The normalized spacial score (nSPS) is 22.4. The number of benzene rings is 3. The van der Waals surface area contributed by atoms with Crippen molar-refractivity contribution in [2.45, 2.75) is 43.7 Å². The lowest BCUT2D eigenvalue weighted by atomic mass is 9.87. The van der Waals surface area contributed by atoms with Gasteiger partial charge >= 0.3 is 5.97 Å². The first-order valence-corrected chi connectivity index (χ1v) is 15.5. The van der Waals surface area contributed by atoms with Gasteiger partial charge in [-0.15, -0.1) is 0 Å². The molecule has 2 fully saturated rings. The van der Waals surface area contributed by atoms with Crippen molar-refractivity contribution in [2.75, 3.05) is 51.3 Å². The second-order valence-corrected chi connectivity index (χ2v) is 12.4. The number of hydrogen-bond donors (Lipinski definition) is 1. The average molecular weight is 622 g/mol. The molecular weight excluding hydrogens is 583 g/mol. The van der Waals surface area contributed by atoms with Gasteiger partial charge in [0, 0.05) is 57.5 Å². The van der Waals surface area contributed by atoms with Crippen molar-refractivity contribution >= 4 is 17.6 Å². The molecule has 7 nitrogen and oxygen atoms in total. The lowest BCUT2D eigenvalue weighted by Crippen LogP contribution is -2.61. The van der Waals surface area contributed by atoms with E-state index in [4.69, 9.17) is 4.74 Å². The number of amides is 1. The summed E-state index contributed by atoms with van der Waals surface area (Å²) in [6.07, 6.45) is 3.55. The van der Waals surface area contributed by atoms with Gasteiger partial charge in [0.15, 0.2) is 0 Å². The van der Waals surface area contributed by atoms with Gasteiger partial charge in [-0.2, -0.15) is 0 Å². The van der Waals surface area contributed by atoms with Crippen LogP contribution < -0.4 is 4.90 Å². The Hall–Kier alpha value is -3.89. The summed E-state index contributed by atoms with van der Waals surface area (Å²) in [6, 6.07) is 14.4. The number of hydrogen-bond acceptors (Lipinski definition) is 5. The Kier molecular flexibility index (Phi) is 9.14. The van der Waals surface area contributed by atoms with Crippen LogP contribution in [-0.2, 0) is 33.6 Å². The number of nitrogens with zero attached hydrogens (tertiary/aromatic N) is 3. The Morgan fingerprint density at radius 2 is 1.67 bits per heavy atom. The molecule has 0 bridgehead atoms. The number of carbonyl (C=O) groups excluding carboxylic acids is 1. The average Bonchev–Trinajstić information content (AvgIpc) is 3.67. The summed E-state index contributed by atoms with van der Waals surface area (Å²) < 4.78 is 48.1. The van der Waals surface area contributed by atoms with Crippen LogP contribution in [0, 0.1) is 23.4 Å². The Labute approximate surface area is 261 Å². The summed E-state index contributed by atoms with van der Waals surface area (Å²) in [6.45, 7) is 1.72. The van der Waals surface area contributed by atoms with Gasteiger partial charge in [-0.05, 0) is 78.3 Å². The van der Waals surface area contributed by atoms with Crippen LogP contribution >= 0.6 is 0 Å². The number of ether oxygens (including phenoxy) is 1. The lowest BCUT2D eigenvalue weighted by Gasteiger charge is -2.44. The van der Waals surface area contributed by atoms with E-state index in [9.17, 15) is 23.5 Å². The van der Waals surface area contributed by atoms with E-state index in [1.165, 1.54) is 35.4 Å². The number of carbonyl (C=O) groups is 2. The van der Waals surface area contributed by atoms with Gasteiger partial charge < -0.3 is 19.6 Å². The molecule has 2 saturated heterocycles. The van der Waals surface area contributed by atoms with Crippen LogP contribution in [0.4, 0.5) is 18.9 Å². The van der Waals surface area contributed by atoms with E-state index in [0.29, 0.717) is 31.7 Å². The van der Waals surface area contributed by atoms with Crippen LogP contribution in [0.1, 0.15) is 34.6 Å². The molecule has 2 heterocycles. The fraction of sp³-hybridized carbons (Fsp3) is 0.429. The number of rotatable bonds is 9. The Bertz CT molecular complexity index is 1550. The van der Waals surface area contributed by atoms with Crippen molar-refractivity contribution in [1.29, 1.82) is 0 Å². The maximum atomic E-state index is 15.1. The van der Waals surface area contributed by atoms with Gasteiger partial charge in [-0.3, -0.25) is 14.5 Å². The molecule has 1 aliphatic carbocycles. The van der Waals surface area contributed by atoms with Gasteiger partial charge in [0.05, 0.1) is 18.6 Å². The molecule has 1 N–H and O–H groups in total. The molecule has 3 aromatic rings. The zero-order valence-corrected chi connectivity index (χ0v) is 25.3. The number of aryl methyl sites for hydroxylation is 2. The topological polar surface area (TPSA) is 73.3 Å². The van der Waals surface area contributed by atoms with Crippen LogP contribution in [0.3, 0.4) is 0 Å². The van der Waals surface area contributed by atoms with E-state index < -0.39 is 41.5 Å². The minimum atomic E-state index is -0.913. The number of aliphatic carboxylic acids is 1. The number of halogens is 3. The molecule has 238 valence electrons. The fourth-order valence-electron chi connectivity index (χ4n) is 7.38.